The average Bonchev–Trinajstić information content (AvgIpc) is 2.55. The predicted octanol–water partition coefficient (Wildman–Crippen LogP) is 1.35. The Kier molecular flexibility index (Phi) is 5.63. The summed E-state index contributed by atoms with van der Waals surface area (Å²) in [7, 11) is -3.55. The van der Waals surface area contributed by atoms with E-state index in [9.17, 15) is 13.2 Å². The van der Waals surface area contributed by atoms with E-state index in [4.69, 9.17) is 5.26 Å². The first-order chi connectivity index (χ1) is 11.4. The van der Waals surface area contributed by atoms with Crippen LogP contribution in [0, 0.1) is 11.3 Å². The van der Waals surface area contributed by atoms with Crippen molar-refractivity contribution >= 4 is 21.6 Å². The third-order valence-corrected chi connectivity index (χ3v) is 4.39. The maximum atomic E-state index is 12.1. The molecule has 0 radical (unpaired) electrons. The second-order valence-corrected chi connectivity index (χ2v) is 7.11. The van der Waals surface area contributed by atoms with E-state index in [-0.39, 0.29) is 13.1 Å². The van der Waals surface area contributed by atoms with Gasteiger partial charge in [-0.25, -0.2) is 8.42 Å². The topological polar surface area (TPSA) is 103 Å². The van der Waals surface area contributed by atoms with Crippen molar-refractivity contribution in [3.8, 4) is 6.07 Å². The van der Waals surface area contributed by atoms with Crippen molar-refractivity contribution in [3.05, 3.63) is 59.9 Å². The third-order valence-electron chi connectivity index (χ3n) is 3.20. The lowest BCUT2D eigenvalue weighted by atomic mass is 10.2. The van der Waals surface area contributed by atoms with Crippen LogP contribution >= 0.6 is 0 Å². The molecule has 124 valence electrons. The van der Waals surface area contributed by atoms with Gasteiger partial charge in [0.15, 0.2) is 0 Å². The van der Waals surface area contributed by atoms with E-state index >= 15 is 0 Å². The van der Waals surface area contributed by atoms with Gasteiger partial charge >= 0.3 is 0 Å². The maximum Gasteiger partial charge on any atom is 0.239 e. The molecule has 0 atom stereocenters. The minimum Gasteiger partial charge on any atom is -0.325 e. The Morgan fingerprint density at radius 3 is 2.38 bits per heavy atom. The van der Waals surface area contributed by atoms with Crippen LogP contribution in [0.5, 0.6) is 0 Å². The van der Waals surface area contributed by atoms with Gasteiger partial charge in [0.1, 0.15) is 0 Å². The van der Waals surface area contributed by atoms with Crippen LogP contribution in [0.1, 0.15) is 11.1 Å². The molecule has 1 amide bonds. The number of hydrogen-bond donors (Lipinski definition) is 1. The zero-order valence-corrected chi connectivity index (χ0v) is 13.8. The van der Waals surface area contributed by atoms with E-state index in [1.54, 1.807) is 48.8 Å². The summed E-state index contributed by atoms with van der Waals surface area (Å²) in [6, 6.07) is 11.7. The number of hydrogen-bond acceptors (Lipinski definition) is 5. The number of anilines is 1. The highest BCUT2D eigenvalue weighted by Crippen LogP contribution is 2.11. The summed E-state index contributed by atoms with van der Waals surface area (Å²) in [6.45, 7) is -0.219. The van der Waals surface area contributed by atoms with Crippen LogP contribution in [-0.2, 0) is 21.4 Å². The van der Waals surface area contributed by atoms with Crippen molar-refractivity contribution in [2.45, 2.75) is 6.54 Å². The van der Waals surface area contributed by atoms with E-state index in [2.05, 4.69) is 10.3 Å². The zero-order valence-electron chi connectivity index (χ0n) is 13.0. The molecule has 7 nitrogen and oxygen atoms in total. The smallest absolute Gasteiger partial charge is 0.239 e. The average molecular weight is 344 g/mol. The van der Waals surface area contributed by atoms with Crippen molar-refractivity contribution in [1.82, 2.24) is 9.29 Å². The largest absolute Gasteiger partial charge is 0.325 e. The second kappa shape index (κ2) is 7.68. The van der Waals surface area contributed by atoms with Crippen molar-refractivity contribution in [2.24, 2.45) is 0 Å². The molecule has 24 heavy (non-hydrogen) atoms. The number of aromatic nitrogens is 1. The standard InChI is InChI=1S/C16H16N4O3S/c1-24(22,23)20(11-14-6-8-18-9-7-14)12-16(21)19-15-4-2-13(10-17)3-5-15/h2-9H,11-12H2,1H3,(H,19,21). The van der Waals surface area contributed by atoms with Crippen LogP contribution in [0.2, 0.25) is 0 Å². The molecule has 2 rings (SSSR count). The molecular weight excluding hydrogens is 328 g/mol. The van der Waals surface area contributed by atoms with Gasteiger partial charge in [-0.2, -0.15) is 9.57 Å². The Bertz CT molecular complexity index is 843. The highest BCUT2D eigenvalue weighted by Gasteiger charge is 2.20. The summed E-state index contributed by atoms with van der Waals surface area (Å²) in [4.78, 5) is 16.0. The Balaban J connectivity index is 2.05. The Morgan fingerprint density at radius 2 is 1.83 bits per heavy atom. The minimum absolute atomic E-state index is 0.0855. The molecule has 0 aliphatic heterocycles. The van der Waals surface area contributed by atoms with Crippen LogP contribution in [0.3, 0.4) is 0 Å². The lowest BCUT2D eigenvalue weighted by molar-refractivity contribution is -0.116. The molecule has 1 aromatic carbocycles. The first-order valence-corrected chi connectivity index (χ1v) is 8.87. The molecule has 0 saturated heterocycles. The van der Waals surface area contributed by atoms with Gasteiger partial charge in [0.2, 0.25) is 15.9 Å². The molecule has 0 bridgehead atoms. The molecule has 0 unspecified atom stereocenters. The Morgan fingerprint density at radius 1 is 1.21 bits per heavy atom. The fraction of sp³-hybridized carbons (Fsp3) is 0.188. The fourth-order valence-electron chi connectivity index (χ4n) is 1.97. The van der Waals surface area contributed by atoms with Crippen LogP contribution in [0.15, 0.2) is 48.8 Å². The van der Waals surface area contributed by atoms with Crippen molar-refractivity contribution < 1.29 is 13.2 Å². The van der Waals surface area contributed by atoms with Crippen LogP contribution < -0.4 is 5.32 Å². The Hall–Kier alpha value is -2.76. The van der Waals surface area contributed by atoms with Gasteiger partial charge in [-0.1, -0.05) is 0 Å². The van der Waals surface area contributed by atoms with Gasteiger partial charge in [-0.05, 0) is 42.0 Å². The molecule has 0 saturated carbocycles. The van der Waals surface area contributed by atoms with Crippen LogP contribution in [0.25, 0.3) is 0 Å². The number of nitrogens with zero attached hydrogens (tertiary/aromatic N) is 3. The van der Waals surface area contributed by atoms with Gasteiger partial charge in [0, 0.05) is 24.6 Å². The summed E-state index contributed by atoms with van der Waals surface area (Å²) in [6.07, 6.45) is 4.18. The zero-order chi connectivity index (χ0) is 17.6. The maximum absolute atomic E-state index is 12.1. The van der Waals surface area contributed by atoms with E-state index < -0.39 is 15.9 Å². The SMILES string of the molecule is CS(=O)(=O)N(CC(=O)Nc1ccc(C#N)cc1)Cc1ccncc1. The number of nitrogens with one attached hydrogen (secondary N) is 1. The van der Waals surface area contributed by atoms with Crippen molar-refractivity contribution in [2.75, 3.05) is 18.1 Å². The normalized spacial score (nSPS) is 11.0. The summed E-state index contributed by atoms with van der Waals surface area (Å²) in [5, 5.41) is 11.4. The molecule has 2 aromatic rings. The first-order valence-electron chi connectivity index (χ1n) is 7.02. The number of sulfonamides is 1. The fourth-order valence-corrected chi connectivity index (χ4v) is 2.71. The number of nitriles is 1. The van der Waals surface area contributed by atoms with Crippen LogP contribution in [0.4, 0.5) is 5.69 Å². The number of rotatable bonds is 6. The van der Waals surface area contributed by atoms with Gasteiger partial charge in [-0.15, -0.1) is 0 Å². The molecule has 0 aliphatic carbocycles. The molecule has 0 aliphatic rings. The predicted molar refractivity (Wildman–Crippen MR) is 89.3 cm³/mol. The quantitative estimate of drug-likeness (QED) is 0.852. The van der Waals surface area contributed by atoms with Gasteiger partial charge in [0.05, 0.1) is 24.4 Å². The van der Waals surface area contributed by atoms with Gasteiger partial charge in [-0.3, -0.25) is 9.78 Å². The first kappa shape index (κ1) is 17.6. The molecular formula is C16H16N4O3S. The summed E-state index contributed by atoms with van der Waals surface area (Å²) in [5.41, 5.74) is 1.71. The lowest BCUT2D eigenvalue weighted by Crippen LogP contribution is -2.36. The molecule has 1 heterocycles. The summed E-state index contributed by atoms with van der Waals surface area (Å²) >= 11 is 0. The molecule has 1 aromatic heterocycles. The number of carbonyl (C=O) groups excluding carboxylic acids is 1. The van der Waals surface area contributed by atoms with Crippen molar-refractivity contribution in [1.29, 1.82) is 5.26 Å². The van der Waals surface area contributed by atoms with Crippen molar-refractivity contribution in [3.63, 3.8) is 0 Å². The van der Waals surface area contributed by atoms with E-state index in [0.29, 0.717) is 11.3 Å². The summed E-state index contributed by atoms with van der Waals surface area (Å²) in [5.74, 6) is -0.459. The highest BCUT2D eigenvalue weighted by molar-refractivity contribution is 7.88. The van der Waals surface area contributed by atoms with Crippen LogP contribution in [-0.4, -0.2) is 36.4 Å². The monoisotopic (exact) mass is 344 g/mol. The lowest BCUT2D eigenvalue weighted by Gasteiger charge is -2.19. The molecule has 0 fully saturated rings. The number of benzene rings is 1. The molecule has 8 heteroatoms. The second-order valence-electron chi connectivity index (χ2n) is 5.12. The number of pyridine rings is 1. The van der Waals surface area contributed by atoms with E-state index in [0.717, 1.165) is 16.1 Å². The summed E-state index contributed by atoms with van der Waals surface area (Å²) < 4.78 is 24.9. The Labute approximate surface area is 140 Å². The minimum atomic E-state index is -3.55. The molecule has 1 N–H and O–H groups in total. The number of amides is 1. The van der Waals surface area contributed by atoms with Gasteiger partial charge < -0.3 is 5.32 Å². The number of carbonyl (C=O) groups is 1. The third kappa shape index (κ3) is 5.15. The molecule has 0 spiro atoms. The van der Waals surface area contributed by atoms with Gasteiger partial charge in [0.25, 0.3) is 0 Å². The van der Waals surface area contributed by atoms with E-state index in [1.165, 1.54) is 0 Å². The highest BCUT2D eigenvalue weighted by atomic mass is 32.2. The van der Waals surface area contributed by atoms with E-state index in [1.807, 2.05) is 6.07 Å².